The van der Waals surface area contributed by atoms with Crippen molar-refractivity contribution in [2.45, 2.75) is 112 Å². The van der Waals surface area contributed by atoms with Gasteiger partial charge >= 0.3 is 0 Å². The fraction of sp³-hybridized carbons (Fsp3) is 0.800. The zero-order valence-corrected chi connectivity index (χ0v) is 22.3. The lowest BCUT2D eigenvalue weighted by molar-refractivity contribution is -0.156. The molecule has 0 aromatic rings. The zero-order valence-electron chi connectivity index (χ0n) is 22.3. The molecule has 1 N–H and O–H groups in total. The molecule has 184 valence electrons. The van der Waals surface area contributed by atoms with E-state index >= 15 is 0 Å². The first-order valence-electron chi connectivity index (χ1n) is 13.4. The Morgan fingerprint density at radius 1 is 1.03 bits per heavy atom. The van der Waals surface area contributed by atoms with E-state index < -0.39 is 5.60 Å². The van der Waals surface area contributed by atoms with Crippen LogP contribution in [-0.2, 0) is 9.59 Å². The summed E-state index contributed by atoms with van der Waals surface area (Å²) in [7, 11) is 0. The van der Waals surface area contributed by atoms with Gasteiger partial charge in [0.25, 0.3) is 0 Å². The topological polar surface area (TPSA) is 54.4 Å². The molecule has 0 heterocycles. The highest BCUT2D eigenvalue weighted by atomic mass is 16.3. The van der Waals surface area contributed by atoms with Crippen LogP contribution in [0.5, 0.6) is 0 Å². The summed E-state index contributed by atoms with van der Waals surface area (Å²) >= 11 is 0. The van der Waals surface area contributed by atoms with Gasteiger partial charge < -0.3 is 5.11 Å². The van der Waals surface area contributed by atoms with E-state index in [9.17, 15) is 14.7 Å². The number of carbonyl (C=O) groups excluding carboxylic acids is 2. The van der Waals surface area contributed by atoms with Gasteiger partial charge in [0.1, 0.15) is 5.78 Å². The second-order valence-corrected chi connectivity index (χ2v) is 13.4. The molecule has 0 aliphatic heterocycles. The smallest absolute Gasteiger partial charge is 0.166 e. The van der Waals surface area contributed by atoms with Crippen molar-refractivity contribution in [1.82, 2.24) is 0 Å². The van der Waals surface area contributed by atoms with E-state index in [-0.39, 0.29) is 39.8 Å². The number of carbonyl (C=O) groups is 2. The van der Waals surface area contributed by atoms with Crippen LogP contribution < -0.4 is 0 Å². The standard InChI is InChI=1S/C30H46O3/c1-18(2)10-9-11-19(3)20-14-16-28(6)21-12-13-22-27(4,5)23(31)15-17-29(22,7)24(21)25(32)26(28)30(20,8)33/h10,19-20,22,26,33H,9,11-17H2,1-8H3. The SMILES string of the molecule is CC(C)=CCCC(C)C1CCC2(C)C3=C(C(=O)C2C1(C)O)C1(C)CCC(=O)C(C)(C)C1CC3. The number of allylic oxidation sites excluding steroid dienone is 4. The number of hydrogen-bond acceptors (Lipinski definition) is 3. The molecule has 0 aromatic heterocycles. The van der Waals surface area contributed by atoms with Gasteiger partial charge in [-0.3, -0.25) is 9.59 Å². The largest absolute Gasteiger partial charge is 0.389 e. The van der Waals surface area contributed by atoms with Crippen LogP contribution in [0.1, 0.15) is 107 Å². The monoisotopic (exact) mass is 454 g/mol. The van der Waals surface area contributed by atoms with Crippen molar-refractivity contribution in [2.24, 2.45) is 39.9 Å². The molecule has 4 rings (SSSR count). The van der Waals surface area contributed by atoms with E-state index in [0.717, 1.165) is 50.5 Å². The molecule has 0 radical (unpaired) electrons. The minimum absolute atomic E-state index is 0.138. The third kappa shape index (κ3) is 3.46. The summed E-state index contributed by atoms with van der Waals surface area (Å²) in [4.78, 5) is 27.1. The van der Waals surface area contributed by atoms with Crippen molar-refractivity contribution in [3.8, 4) is 0 Å². The van der Waals surface area contributed by atoms with E-state index in [2.05, 4.69) is 54.5 Å². The number of hydrogen-bond donors (Lipinski definition) is 1. The van der Waals surface area contributed by atoms with Crippen LogP contribution >= 0.6 is 0 Å². The lowest BCUT2D eigenvalue weighted by Crippen LogP contribution is -2.56. The lowest BCUT2D eigenvalue weighted by Gasteiger charge is -2.54. The van der Waals surface area contributed by atoms with Crippen LogP contribution in [0.15, 0.2) is 22.8 Å². The Bertz CT molecular complexity index is 915. The van der Waals surface area contributed by atoms with E-state index in [1.165, 1.54) is 11.1 Å². The molecule has 2 fully saturated rings. The Hall–Kier alpha value is -1.22. The van der Waals surface area contributed by atoms with Crippen molar-refractivity contribution in [3.63, 3.8) is 0 Å². The number of Topliss-reactive ketones (excluding diaryl/α,β-unsaturated/α-hetero) is 2. The van der Waals surface area contributed by atoms with Crippen LogP contribution in [0.4, 0.5) is 0 Å². The number of ketones is 2. The summed E-state index contributed by atoms with van der Waals surface area (Å²) < 4.78 is 0. The third-order valence-electron chi connectivity index (χ3n) is 10.8. The highest BCUT2D eigenvalue weighted by Gasteiger charge is 2.67. The Morgan fingerprint density at radius 3 is 2.33 bits per heavy atom. The number of aliphatic hydroxyl groups is 1. The predicted octanol–water partition coefficient (Wildman–Crippen LogP) is 6.84. The van der Waals surface area contributed by atoms with E-state index in [1.807, 2.05) is 6.92 Å². The van der Waals surface area contributed by atoms with Crippen LogP contribution in [0.2, 0.25) is 0 Å². The maximum Gasteiger partial charge on any atom is 0.166 e. The van der Waals surface area contributed by atoms with Crippen molar-refractivity contribution in [1.29, 1.82) is 0 Å². The third-order valence-corrected chi connectivity index (χ3v) is 10.8. The minimum atomic E-state index is -1.00. The van der Waals surface area contributed by atoms with Crippen LogP contribution in [0.3, 0.4) is 0 Å². The van der Waals surface area contributed by atoms with E-state index in [1.54, 1.807) is 0 Å². The van der Waals surface area contributed by atoms with E-state index in [0.29, 0.717) is 18.1 Å². The molecule has 0 aromatic carbocycles. The van der Waals surface area contributed by atoms with Crippen molar-refractivity contribution in [3.05, 3.63) is 22.8 Å². The molecule has 4 aliphatic rings. The second kappa shape index (κ2) is 7.90. The molecule has 3 nitrogen and oxygen atoms in total. The molecular formula is C30H46O3. The van der Waals surface area contributed by atoms with E-state index in [4.69, 9.17) is 0 Å². The summed E-state index contributed by atoms with van der Waals surface area (Å²) in [5.41, 5.74) is 1.81. The summed E-state index contributed by atoms with van der Waals surface area (Å²) in [6.45, 7) is 17.2. The van der Waals surface area contributed by atoms with Crippen LogP contribution in [0.25, 0.3) is 0 Å². The van der Waals surface area contributed by atoms with Crippen molar-refractivity contribution >= 4 is 11.6 Å². The van der Waals surface area contributed by atoms with Gasteiger partial charge in [0.2, 0.25) is 0 Å². The molecule has 0 bridgehead atoms. The normalized spacial score (nSPS) is 43.0. The highest BCUT2D eigenvalue weighted by molar-refractivity contribution is 6.04. The molecular weight excluding hydrogens is 408 g/mol. The average molecular weight is 455 g/mol. The van der Waals surface area contributed by atoms with Gasteiger partial charge in [-0.2, -0.15) is 0 Å². The van der Waals surface area contributed by atoms with Gasteiger partial charge in [-0.1, -0.05) is 51.8 Å². The van der Waals surface area contributed by atoms with Crippen LogP contribution in [0, 0.1) is 39.9 Å². The maximum absolute atomic E-state index is 14.3. The van der Waals surface area contributed by atoms with Gasteiger partial charge in [-0.15, -0.1) is 0 Å². The van der Waals surface area contributed by atoms with Crippen molar-refractivity contribution in [2.75, 3.05) is 0 Å². The predicted molar refractivity (Wildman–Crippen MR) is 134 cm³/mol. The maximum atomic E-state index is 14.3. The Balaban J connectivity index is 1.69. The number of rotatable bonds is 4. The van der Waals surface area contributed by atoms with Gasteiger partial charge in [0.05, 0.1) is 11.5 Å². The summed E-state index contributed by atoms with van der Waals surface area (Å²) in [5, 5.41) is 12.1. The van der Waals surface area contributed by atoms with Crippen molar-refractivity contribution < 1.29 is 14.7 Å². The highest BCUT2D eigenvalue weighted by Crippen LogP contribution is 2.68. The first-order chi connectivity index (χ1) is 15.2. The molecule has 33 heavy (non-hydrogen) atoms. The first-order valence-corrected chi connectivity index (χ1v) is 13.4. The Kier molecular flexibility index (Phi) is 5.96. The fourth-order valence-electron chi connectivity index (χ4n) is 9.07. The molecule has 7 atom stereocenters. The van der Waals surface area contributed by atoms with Gasteiger partial charge in [0, 0.05) is 28.2 Å². The molecule has 0 saturated heterocycles. The number of fused-ring (bicyclic) bond motifs is 4. The fourth-order valence-corrected chi connectivity index (χ4v) is 9.07. The zero-order chi connectivity index (χ0) is 24.6. The Labute approximate surface area is 201 Å². The van der Waals surface area contributed by atoms with Gasteiger partial charge in [-0.25, -0.2) is 0 Å². The molecule has 0 amide bonds. The summed E-state index contributed by atoms with van der Waals surface area (Å²) in [6.07, 6.45) is 9.55. The molecule has 2 saturated carbocycles. The molecule has 7 unspecified atom stereocenters. The second-order valence-electron chi connectivity index (χ2n) is 13.4. The average Bonchev–Trinajstić information content (AvgIpc) is 2.93. The molecule has 4 aliphatic carbocycles. The molecule has 3 heteroatoms. The Morgan fingerprint density at radius 2 is 1.70 bits per heavy atom. The summed E-state index contributed by atoms with van der Waals surface area (Å²) in [5.74, 6) is 0.924. The quantitative estimate of drug-likeness (QED) is 0.473. The summed E-state index contributed by atoms with van der Waals surface area (Å²) in [6, 6.07) is 0. The minimum Gasteiger partial charge on any atom is -0.389 e. The lowest BCUT2D eigenvalue weighted by atomic mass is 9.49. The van der Waals surface area contributed by atoms with Crippen LogP contribution in [-0.4, -0.2) is 22.3 Å². The molecule has 0 spiro atoms. The first kappa shape index (κ1) is 24.9. The van der Waals surface area contributed by atoms with Gasteiger partial charge in [-0.05, 0) is 83.5 Å². The van der Waals surface area contributed by atoms with Gasteiger partial charge in [0.15, 0.2) is 5.78 Å².